The molecule has 0 unspecified atom stereocenters. The van der Waals surface area contributed by atoms with Gasteiger partial charge in [0, 0.05) is 40.3 Å². The summed E-state index contributed by atoms with van der Waals surface area (Å²) in [6, 6.07) is 9.77. The quantitative estimate of drug-likeness (QED) is 0.907. The molecule has 0 bridgehead atoms. The van der Waals surface area contributed by atoms with Crippen molar-refractivity contribution in [2.24, 2.45) is 0 Å². The average molecular weight is 278 g/mol. The molecule has 0 atom stereocenters. The van der Waals surface area contributed by atoms with Crippen molar-refractivity contribution in [2.75, 3.05) is 11.1 Å². The molecule has 1 aromatic carbocycles. The number of nitrogen functional groups attached to an aromatic ring is 1. The lowest BCUT2D eigenvalue weighted by Gasteiger charge is -2.09. The molecule has 82 valence electrons. The third-order valence-corrected chi connectivity index (χ3v) is 2.98. The molecular formula is C12H12BrN3. The summed E-state index contributed by atoms with van der Waals surface area (Å²) in [6.07, 6.45) is 3.47. The minimum atomic E-state index is 0.669. The number of rotatable bonds is 3. The van der Waals surface area contributed by atoms with Crippen LogP contribution in [0, 0.1) is 0 Å². The van der Waals surface area contributed by atoms with Gasteiger partial charge in [0.15, 0.2) is 0 Å². The number of nitrogens with one attached hydrogen (secondary N) is 1. The monoisotopic (exact) mass is 277 g/mol. The van der Waals surface area contributed by atoms with Gasteiger partial charge in [-0.2, -0.15) is 0 Å². The van der Waals surface area contributed by atoms with Gasteiger partial charge in [0.05, 0.1) is 0 Å². The van der Waals surface area contributed by atoms with E-state index in [1.165, 1.54) is 0 Å². The van der Waals surface area contributed by atoms with Gasteiger partial charge in [-0.25, -0.2) is 0 Å². The van der Waals surface area contributed by atoms with Crippen molar-refractivity contribution >= 4 is 27.3 Å². The van der Waals surface area contributed by atoms with E-state index in [-0.39, 0.29) is 0 Å². The molecule has 0 aliphatic carbocycles. The number of aromatic nitrogens is 1. The van der Waals surface area contributed by atoms with Gasteiger partial charge < -0.3 is 11.1 Å². The van der Waals surface area contributed by atoms with Crippen LogP contribution in [0.3, 0.4) is 0 Å². The molecule has 0 radical (unpaired) electrons. The van der Waals surface area contributed by atoms with Crippen LogP contribution in [-0.2, 0) is 6.54 Å². The number of hydrogen-bond donors (Lipinski definition) is 2. The number of pyridine rings is 1. The maximum atomic E-state index is 5.83. The Kier molecular flexibility index (Phi) is 3.41. The Balaban J connectivity index is 2.09. The highest BCUT2D eigenvalue weighted by molar-refractivity contribution is 9.10. The van der Waals surface area contributed by atoms with Crippen molar-refractivity contribution in [1.82, 2.24) is 4.98 Å². The maximum absolute atomic E-state index is 5.83. The van der Waals surface area contributed by atoms with Gasteiger partial charge in [0.25, 0.3) is 0 Å². The number of nitrogens with two attached hydrogens (primary N) is 1. The molecule has 0 amide bonds. The molecular weight excluding hydrogens is 266 g/mol. The molecule has 0 fully saturated rings. The first-order valence-electron chi connectivity index (χ1n) is 4.94. The molecule has 2 aromatic rings. The van der Waals surface area contributed by atoms with E-state index in [1.54, 1.807) is 18.5 Å². The summed E-state index contributed by atoms with van der Waals surface area (Å²) in [6.45, 7) is 0.669. The predicted molar refractivity (Wildman–Crippen MR) is 70.1 cm³/mol. The molecule has 0 saturated carbocycles. The van der Waals surface area contributed by atoms with Crippen LogP contribution in [0.5, 0.6) is 0 Å². The topological polar surface area (TPSA) is 50.9 Å². The summed E-state index contributed by atoms with van der Waals surface area (Å²) in [7, 11) is 0. The van der Waals surface area contributed by atoms with Gasteiger partial charge in [-0.1, -0.05) is 12.1 Å². The number of anilines is 2. The Morgan fingerprint density at radius 2 is 2.06 bits per heavy atom. The van der Waals surface area contributed by atoms with Crippen LogP contribution in [0.1, 0.15) is 5.56 Å². The fourth-order valence-electron chi connectivity index (χ4n) is 1.38. The van der Waals surface area contributed by atoms with Crippen molar-refractivity contribution in [3.8, 4) is 0 Å². The average Bonchev–Trinajstić information content (AvgIpc) is 2.30. The zero-order chi connectivity index (χ0) is 11.4. The molecule has 0 aliphatic rings. The Labute approximate surface area is 103 Å². The van der Waals surface area contributed by atoms with Crippen molar-refractivity contribution in [3.05, 3.63) is 52.8 Å². The van der Waals surface area contributed by atoms with Crippen molar-refractivity contribution in [3.63, 3.8) is 0 Å². The first kappa shape index (κ1) is 11.0. The standard InChI is InChI=1S/C12H12BrN3/c13-10-3-1-2-4-12(10)16-8-9-7-15-6-5-11(9)14/h1-7,16H,8H2,(H2,14,15). The highest BCUT2D eigenvalue weighted by Crippen LogP contribution is 2.22. The van der Waals surface area contributed by atoms with Gasteiger partial charge in [0.2, 0.25) is 0 Å². The van der Waals surface area contributed by atoms with E-state index in [0.29, 0.717) is 6.54 Å². The highest BCUT2D eigenvalue weighted by Gasteiger charge is 2.00. The van der Waals surface area contributed by atoms with Crippen molar-refractivity contribution in [2.45, 2.75) is 6.54 Å². The summed E-state index contributed by atoms with van der Waals surface area (Å²) in [5.74, 6) is 0. The number of para-hydroxylation sites is 1. The fourth-order valence-corrected chi connectivity index (χ4v) is 1.81. The first-order valence-corrected chi connectivity index (χ1v) is 5.73. The normalized spacial score (nSPS) is 10.1. The number of hydrogen-bond acceptors (Lipinski definition) is 3. The van der Waals surface area contributed by atoms with Crippen molar-refractivity contribution in [1.29, 1.82) is 0 Å². The van der Waals surface area contributed by atoms with E-state index in [2.05, 4.69) is 26.2 Å². The highest BCUT2D eigenvalue weighted by atomic mass is 79.9. The zero-order valence-electron chi connectivity index (χ0n) is 8.65. The van der Waals surface area contributed by atoms with Crippen LogP contribution in [0.2, 0.25) is 0 Å². The molecule has 0 aliphatic heterocycles. The molecule has 1 aromatic heterocycles. The van der Waals surface area contributed by atoms with E-state index in [1.807, 2.05) is 24.3 Å². The van der Waals surface area contributed by atoms with Crippen molar-refractivity contribution < 1.29 is 0 Å². The second-order valence-corrected chi connectivity index (χ2v) is 4.26. The van der Waals surface area contributed by atoms with E-state index >= 15 is 0 Å². The van der Waals surface area contributed by atoms with E-state index < -0.39 is 0 Å². The lowest BCUT2D eigenvalue weighted by Crippen LogP contribution is -2.03. The third-order valence-electron chi connectivity index (χ3n) is 2.28. The lowest BCUT2D eigenvalue weighted by molar-refractivity contribution is 1.11. The summed E-state index contributed by atoms with van der Waals surface area (Å²) in [4.78, 5) is 4.05. The lowest BCUT2D eigenvalue weighted by atomic mass is 10.2. The largest absolute Gasteiger partial charge is 0.398 e. The minimum absolute atomic E-state index is 0.669. The van der Waals surface area contributed by atoms with Gasteiger partial charge in [-0.15, -0.1) is 0 Å². The minimum Gasteiger partial charge on any atom is -0.398 e. The molecule has 2 rings (SSSR count). The second kappa shape index (κ2) is 4.99. The van der Waals surface area contributed by atoms with Gasteiger partial charge in [0.1, 0.15) is 0 Å². The number of benzene rings is 1. The Morgan fingerprint density at radius 3 is 2.81 bits per heavy atom. The van der Waals surface area contributed by atoms with Crippen LogP contribution in [0.15, 0.2) is 47.2 Å². The summed E-state index contributed by atoms with van der Waals surface area (Å²) in [5, 5.41) is 3.30. The van der Waals surface area contributed by atoms with E-state index in [0.717, 1.165) is 21.4 Å². The Morgan fingerprint density at radius 1 is 1.25 bits per heavy atom. The van der Waals surface area contributed by atoms with Gasteiger partial charge >= 0.3 is 0 Å². The molecule has 0 saturated heterocycles. The predicted octanol–water partition coefficient (Wildman–Crippen LogP) is 3.04. The van der Waals surface area contributed by atoms with Crippen LogP contribution in [0.25, 0.3) is 0 Å². The number of halogens is 1. The van der Waals surface area contributed by atoms with Crippen LogP contribution in [-0.4, -0.2) is 4.98 Å². The summed E-state index contributed by atoms with van der Waals surface area (Å²) >= 11 is 3.48. The van der Waals surface area contributed by atoms with Gasteiger partial charge in [-0.3, -0.25) is 4.98 Å². The summed E-state index contributed by atoms with van der Waals surface area (Å²) in [5.41, 5.74) is 8.64. The fraction of sp³-hybridized carbons (Fsp3) is 0.0833. The molecule has 3 nitrogen and oxygen atoms in total. The molecule has 0 spiro atoms. The molecule has 3 N–H and O–H groups in total. The maximum Gasteiger partial charge on any atom is 0.0487 e. The molecule has 4 heteroatoms. The van der Waals surface area contributed by atoms with Crippen LogP contribution in [0.4, 0.5) is 11.4 Å². The first-order chi connectivity index (χ1) is 7.77. The third kappa shape index (κ3) is 2.52. The molecule has 16 heavy (non-hydrogen) atoms. The summed E-state index contributed by atoms with van der Waals surface area (Å²) < 4.78 is 1.04. The van der Waals surface area contributed by atoms with E-state index in [4.69, 9.17) is 5.73 Å². The molecule has 1 heterocycles. The zero-order valence-corrected chi connectivity index (χ0v) is 10.2. The van der Waals surface area contributed by atoms with E-state index in [9.17, 15) is 0 Å². The Bertz CT molecular complexity index is 440. The Hall–Kier alpha value is -1.55. The smallest absolute Gasteiger partial charge is 0.0487 e. The van der Waals surface area contributed by atoms with Crippen LogP contribution >= 0.6 is 15.9 Å². The SMILES string of the molecule is Nc1ccncc1CNc1ccccc1Br. The number of nitrogens with zero attached hydrogens (tertiary/aromatic N) is 1. The second-order valence-electron chi connectivity index (χ2n) is 3.41. The van der Waals surface area contributed by atoms with Gasteiger partial charge in [-0.05, 0) is 34.1 Å². The van der Waals surface area contributed by atoms with Crippen LogP contribution < -0.4 is 11.1 Å².